The lowest BCUT2D eigenvalue weighted by Gasteiger charge is -2.16. The molecule has 1 saturated heterocycles. The molecule has 1 heterocycles. The summed E-state index contributed by atoms with van der Waals surface area (Å²) in [6, 6.07) is 8.09. The van der Waals surface area contributed by atoms with E-state index in [1.165, 1.54) is 31.6 Å². The topological polar surface area (TPSA) is 3.24 Å². The lowest BCUT2D eigenvalue weighted by atomic mass is 10.3. The second-order valence-corrected chi connectivity index (χ2v) is 3.61. The van der Waals surface area contributed by atoms with Gasteiger partial charge < -0.3 is 4.90 Å². The van der Waals surface area contributed by atoms with Gasteiger partial charge in [-0.2, -0.15) is 0 Å². The van der Waals surface area contributed by atoms with Gasteiger partial charge in [0.1, 0.15) is 0 Å². The van der Waals surface area contributed by atoms with E-state index < -0.39 is 0 Å². The molecular formula is C10H13Cl2N. The summed E-state index contributed by atoms with van der Waals surface area (Å²) in [5.74, 6) is 0. The van der Waals surface area contributed by atoms with Crippen LogP contribution in [0.2, 0.25) is 5.02 Å². The lowest BCUT2D eigenvalue weighted by molar-refractivity contribution is 0.949. The zero-order chi connectivity index (χ0) is 8.39. The third-order valence-electron chi connectivity index (χ3n) is 2.30. The van der Waals surface area contributed by atoms with Crippen molar-refractivity contribution in [3.8, 4) is 0 Å². The van der Waals surface area contributed by atoms with Crippen molar-refractivity contribution >= 4 is 29.7 Å². The molecule has 1 nitrogen and oxygen atoms in total. The molecule has 0 atom stereocenters. The van der Waals surface area contributed by atoms with Gasteiger partial charge in [0, 0.05) is 23.8 Å². The van der Waals surface area contributed by atoms with Crippen LogP contribution in [-0.4, -0.2) is 13.1 Å². The average Bonchev–Trinajstić information content (AvgIpc) is 2.58. The van der Waals surface area contributed by atoms with Gasteiger partial charge in [-0.25, -0.2) is 0 Å². The summed E-state index contributed by atoms with van der Waals surface area (Å²) in [7, 11) is 0. The molecule has 0 unspecified atom stereocenters. The Balaban J connectivity index is 0.000000845. The fraction of sp³-hybridized carbons (Fsp3) is 0.400. The molecule has 72 valence electrons. The quantitative estimate of drug-likeness (QED) is 0.698. The van der Waals surface area contributed by atoms with Crippen LogP contribution in [0.5, 0.6) is 0 Å². The first-order valence-electron chi connectivity index (χ1n) is 4.37. The molecule has 0 aliphatic carbocycles. The minimum Gasteiger partial charge on any atom is -0.372 e. The maximum atomic E-state index is 5.80. The largest absolute Gasteiger partial charge is 0.372 e. The van der Waals surface area contributed by atoms with Gasteiger partial charge in [-0.1, -0.05) is 11.6 Å². The zero-order valence-electron chi connectivity index (χ0n) is 7.37. The van der Waals surface area contributed by atoms with Crippen molar-refractivity contribution < 1.29 is 0 Å². The molecule has 13 heavy (non-hydrogen) atoms. The van der Waals surface area contributed by atoms with Crippen molar-refractivity contribution in [2.75, 3.05) is 18.0 Å². The summed E-state index contributed by atoms with van der Waals surface area (Å²) in [6.07, 6.45) is 2.64. The highest BCUT2D eigenvalue weighted by Crippen LogP contribution is 2.21. The van der Waals surface area contributed by atoms with E-state index in [0.717, 1.165) is 5.02 Å². The fourth-order valence-electron chi connectivity index (χ4n) is 1.63. The van der Waals surface area contributed by atoms with Crippen molar-refractivity contribution in [2.45, 2.75) is 12.8 Å². The van der Waals surface area contributed by atoms with Crippen molar-refractivity contribution in [1.29, 1.82) is 0 Å². The molecule has 0 N–H and O–H groups in total. The van der Waals surface area contributed by atoms with Crippen LogP contribution < -0.4 is 4.90 Å². The third-order valence-corrected chi connectivity index (χ3v) is 2.55. The standard InChI is InChI=1S/C10H12ClN.ClH/c11-9-3-5-10(6-4-9)12-7-1-2-8-12;/h3-6H,1-2,7-8H2;1H. The first-order chi connectivity index (χ1) is 5.86. The minimum absolute atomic E-state index is 0. The van der Waals surface area contributed by atoms with Gasteiger partial charge in [-0.15, -0.1) is 12.4 Å². The van der Waals surface area contributed by atoms with Gasteiger partial charge in [0.2, 0.25) is 0 Å². The first-order valence-corrected chi connectivity index (χ1v) is 4.74. The molecule has 0 bridgehead atoms. The molecule has 1 fully saturated rings. The molecule has 0 aromatic heterocycles. The summed E-state index contributed by atoms with van der Waals surface area (Å²) < 4.78 is 0. The molecule has 3 heteroatoms. The summed E-state index contributed by atoms with van der Waals surface area (Å²) in [5, 5.41) is 0.818. The van der Waals surface area contributed by atoms with Gasteiger partial charge in [-0.05, 0) is 37.1 Å². The van der Waals surface area contributed by atoms with Gasteiger partial charge >= 0.3 is 0 Å². The van der Waals surface area contributed by atoms with Crippen molar-refractivity contribution in [3.05, 3.63) is 29.3 Å². The van der Waals surface area contributed by atoms with Crippen molar-refractivity contribution in [1.82, 2.24) is 0 Å². The molecule has 0 amide bonds. The van der Waals surface area contributed by atoms with E-state index in [9.17, 15) is 0 Å². The van der Waals surface area contributed by atoms with Crippen LogP contribution in [-0.2, 0) is 0 Å². The van der Waals surface area contributed by atoms with Gasteiger partial charge in [0.15, 0.2) is 0 Å². The van der Waals surface area contributed by atoms with Crippen LogP contribution in [0.3, 0.4) is 0 Å². The van der Waals surface area contributed by atoms with E-state index in [0.29, 0.717) is 0 Å². The molecule has 0 saturated carbocycles. The minimum atomic E-state index is 0. The maximum Gasteiger partial charge on any atom is 0.0407 e. The van der Waals surface area contributed by atoms with E-state index in [-0.39, 0.29) is 12.4 Å². The smallest absolute Gasteiger partial charge is 0.0407 e. The Morgan fingerprint density at radius 1 is 1.00 bits per heavy atom. The predicted octanol–water partition coefficient (Wildman–Crippen LogP) is 3.36. The summed E-state index contributed by atoms with van der Waals surface area (Å²) >= 11 is 5.80. The second-order valence-electron chi connectivity index (χ2n) is 3.17. The van der Waals surface area contributed by atoms with Crippen molar-refractivity contribution in [3.63, 3.8) is 0 Å². The lowest BCUT2D eigenvalue weighted by Crippen LogP contribution is -2.17. The number of benzene rings is 1. The van der Waals surface area contributed by atoms with E-state index in [1.807, 2.05) is 12.1 Å². The molecule has 0 spiro atoms. The first kappa shape index (κ1) is 10.7. The summed E-state index contributed by atoms with van der Waals surface area (Å²) in [4.78, 5) is 2.40. The number of hydrogen-bond donors (Lipinski definition) is 0. The predicted molar refractivity (Wildman–Crippen MR) is 60.1 cm³/mol. The molecule has 1 aliphatic heterocycles. The Labute approximate surface area is 90.1 Å². The molecular weight excluding hydrogens is 205 g/mol. The van der Waals surface area contributed by atoms with Crippen LogP contribution in [0.1, 0.15) is 12.8 Å². The Morgan fingerprint density at radius 2 is 1.54 bits per heavy atom. The van der Waals surface area contributed by atoms with E-state index in [2.05, 4.69) is 17.0 Å². The highest BCUT2D eigenvalue weighted by atomic mass is 35.5. The Bertz CT molecular complexity index is 252. The number of hydrogen-bond acceptors (Lipinski definition) is 1. The van der Waals surface area contributed by atoms with E-state index in [1.54, 1.807) is 0 Å². The SMILES string of the molecule is Cl.Clc1ccc(N2CCCC2)cc1. The number of anilines is 1. The fourth-order valence-corrected chi connectivity index (χ4v) is 1.75. The highest BCUT2D eigenvalue weighted by molar-refractivity contribution is 6.30. The van der Waals surface area contributed by atoms with Gasteiger partial charge in [0.05, 0.1) is 0 Å². The molecule has 0 radical (unpaired) electrons. The van der Waals surface area contributed by atoms with Crippen LogP contribution in [0, 0.1) is 0 Å². The molecule has 1 aromatic rings. The van der Waals surface area contributed by atoms with Crippen LogP contribution >= 0.6 is 24.0 Å². The zero-order valence-corrected chi connectivity index (χ0v) is 8.94. The summed E-state index contributed by atoms with van der Waals surface area (Å²) in [6.45, 7) is 2.39. The number of rotatable bonds is 1. The Kier molecular flexibility index (Phi) is 3.89. The summed E-state index contributed by atoms with van der Waals surface area (Å²) in [5.41, 5.74) is 1.30. The molecule has 2 rings (SSSR count). The molecule has 1 aromatic carbocycles. The average molecular weight is 218 g/mol. The third kappa shape index (κ3) is 2.52. The maximum absolute atomic E-state index is 5.80. The van der Waals surface area contributed by atoms with Crippen LogP contribution in [0.4, 0.5) is 5.69 Å². The van der Waals surface area contributed by atoms with Gasteiger partial charge in [-0.3, -0.25) is 0 Å². The Hall–Kier alpha value is -0.400. The number of nitrogens with zero attached hydrogens (tertiary/aromatic N) is 1. The number of halogens is 2. The molecule has 1 aliphatic rings. The van der Waals surface area contributed by atoms with E-state index >= 15 is 0 Å². The van der Waals surface area contributed by atoms with Crippen LogP contribution in [0.25, 0.3) is 0 Å². The van der Waals surface area contributed by atoms with Crippen molar-refractivity contribution in [2.24, 2.45) is 0 Å². The highest BCUT2D eigenvalue weighted by Gasteiger charge is 2.11. The monoisotopic (exact) mass is 217 g/mol. The van der Waals surface area contributed by atoms with Crippen LogP contribution in [0.15, 0.2) is 24.3 Å². The van der Waals surface area contributed by atoms with E-state index in [4.69, 9.17) is 11.6 Å². The normalized spacial score (nSPS) is 15.6. The van der Waals surface area contributed by atoms with Gasteiger partial charge in [0.25, 0.3) is 0 Å². The Morgan fingerprint density at radius 3 is 2.08 bits per heavy atom. The second kappa shape index (κ2) is 4.73.